The topological polar surface area (TPSA) is 224 Å². The van der Waals surface area contributed by atoms with E-state index in [-0.39, 0.29) is 43.2 Å². The van der Waals surface area contributed by atoms with Gasteiger partial charge >= 0.3 is 11.9 Å². The van der Waals surface area contributed by atoms with E-state index in [9.17, 15) is 33.9 Å². The Hall–Kier alpha value is -6.98. The monoisotopic (exact) mass is 968 g/mol. The normalized spacial score (nSPS) is 20.4. The quantitative estimate of drug-likeness (QED) is 0.0943. The highest BCUT2D eigenvalue weighted by atomic mass is 16.5. The van der Waals surface area contributed by atoms with Crippen LogP contribution in [0.25, 0.3) is 33.3 Å². The summed E-state index contributed by atoms with van der Waals surface area (Å²) in [6.07, 6.45) is 7.39. The van der Waals surface area contributed by atoms with Gasteiger partial charge in [-0.15, -0.1) is 0 Å². The Balaban J connectivity index is 1.12. The predicted molar refractivity (Wildman–Crippen MR) is 266 cm³/mol. The van der Waals surface area contributed by atoms with Gasteiger partial charge in [0.2, 0.25) is 5.91 Å². The van der Waals surface area contributed by atoms with E-state index in [4.69, 9.17) is 9.47 Å². The molecule has 6 bridgehead atoms. The lowest BCUT2D eigenvalue weighted by atomic mass is 9.84. The lowest BCUT2D eigenvalue weighted by Gasteiger charge is -2.36. The fraction of sp³-hybridized carbons (Fsp3) is 0.444. The van der Waals surface area contributed by atoms with Crippen molar-refractivity contribution in [2.45, 2.75) is 117 Å². The molecule has 4 N–H and O–H groups in total. The summed E-state index contributed by atoms with van der Waals surface area (Å²) in [6.45, 7) is 13.0. The van der Waals surface area contributed by atoms with Crippen LogP contribution in [-0.4, -0.2) is 123 Å². The van der Waals surface area contributed by atoms with Crippen LogP contribution in [0.1, 0.15) is 87.1 Å². The van der Waals surface area contributed by atoms with E-state index in [1.807, 2.05) is 24.5 Å². The fourth-order valence-corrected chi connectivity index (χ4v) is 10.2. The number of esters is 2. The molecule has 17 nitrogen and oxygen atoms in total. The van der Waals surface area contributed by atoms with Crippen LogP contribution in [0, 0.1) is 11.3 Å². The molecule has 0 radical (unpaired) electrons. The van der Waals surface area contributed by atoms with Crippen LogP contribution >= 0.6 is 0 Å². The molecule has 0 aliphatic carbocycles. The molecule has 3 aromatic heterocycles. The standard InChI is InChI=1S/C54H64N8O9/c1-9-33-17-18-55-28-39(33)48-38-26-54(5,6)29-71-52(68)41-12-11-19-62(59-41)51(67)42(22-32-20-35(24-36(63)21-32)34-14-16-43(37(38)25-34)61(48)10-2)57-49(65)47(30(3)4)60(7)50(66)40-15-13-31(27-56-40)23-44(64)45-46(58-45)53(69)70-8/h13-18,20-21,24-25,27-28,30,41-42,45-47,58-59,63H,9-12,19,22-23,26,29H2,1-8H3,(H,57,65)/t41-,42-,45+,46-,47-/m0/s1. The summed E-state index contributed by atoms with van der Waals surface area (Å²) in [5.74, 6) is -3.34. The fourth-order valence-electron chi connectivity index (χ4n) is 10.2. The molecule has 0 saturated carbocycles. The Labute approximate surface area is 413 Å². The van der Waals surface area contributed by atoms with Gasteiger partial charge in [0.1, 0.15) is 35.6 Å². The summed E-state index contributed by atoms with van der Waals surface area (Å²) < 4.78 is 13.1. The highest BCUT2D eigenvalue weighted by Gasteiger charge is 2.48. The second-order valence-electron chi connectivity index (χ2n) is 20.1. The van der Waals surface area contributed by atoms with E-state index >= 15 is 0 Å². The highest BCUT2D eigenvalue weighted by Crippen LogP contribution is 2.41. The maximum atomic E-state index is 14.8. The van der Waals surface area contributed by atoms with E-state index in [0.717, 1.165) is 45.3 Å². The molecule has 71 heavy (non-hydrogen) atoms. The number of likely N-dealkylation sites (N-methyl/N-ethyl adjacent to an activating group) is 1. The minimum Gasteiger partial charge on any atom is -0.508 e. The van der Waals surface area contributed by atoms with Gasteiger partial charge in [-0.3, -0.25) is 49.1 Å². The van der Waals surface area contributed by atoms with Gasteiger partial charge in [0, 0.05) is 73.5 Å². The average molecular weight is 969 g/mol. The Kier molecular flexibility index (Phi) is 14.7. The number of ether oxygens (including phenoxy) is 2. The second kappa shape index (κ2) is 20.8. The lowest BCUT2D eigenvalue weighted by molar-refractivity contribution is -0.155. The summed E-state index contributed by atoms with van der Waals surface area (Å²) in [5, 5.41) is 19.5. The van der Waals surface area contributed by atoms with Crippen LogP contribution in [0.15, 0.2) is 73.2 Å². The Morgan fingerprint density at radius 1 is 1.01 bits per heavy atom. The van der Waals surface area contributed by atoms with Gasteiger partial charge < -0.3 is 29.4 Å². The second-order valence-corrected chi connectivity index (χ2v) is 20.1. The van der Waals surface area contributed by atoms with Crippen LogP contribution in [-0.2, 0) is 65.7 Å². The summed E-state index contributed by atoms with van der Waals surface area (Å²) in [5.41, 5.74) is 10.6. The number of aryl methyl sites for hydroxylation is 2. The van der Waals surface area contributed by atoms with Crippen LogP contribution in [0.2, 0.25) is 0 Å². The number of ketones is 1. The van der Waals surface area contributed by atoms with Crippen molar-refractivity contribution < 1.29 is 43.3 Å². The van der Waals surface area contributed by atoms with Crippen molar-refractivity contribution in [3.63, 3.8) is 0 Å². The predicted octanol–water partition coefficient (Wildman–Crippen LogP) is 5.12. The first-order valence-electron chi connectivity index (χ1n) is 24.5. The number of phenolic OH excluding ortho intramolecular Hbond substituents is 1. The third-order valence-electron chi connectivity index (χ3n) is 13.8. The van der Waals surface area contributed by atoms with Gasteiger partial charge in [-0.1, -0.05) is 52.8 Å². The first-order chi connectivity index (χ1) is 33.9. The number of aromatic nitrogens is 3. The zero-order valence-corrected chi connectivity index (χ0v) is 41.7. The number of aromatic hydroxyl groups is 1. The van der Waals surface area contributed by atoms with E-state index in [1.54, 1.807) is 32.0 Å². The average Bonchev–Trinajstić information content (AvgIpc) is 4.11. The largest absolute Gasteiger partial charge is 0.508 e. The molecule has 2 aromatic carbocycles. The molecule has 5 atom stereocenters. The molecule has 6 heterocycles. The number of rotatable bonds is 12. The lowest BCUT2D eigenvalue weighted by Crippen LogP contribution is -2.62. The van der Waals surface area contributed by atoms with E-state index in [2.05, 4.69) is 76.5 Å². The minimum absolute atomic E-state index is 0.0155. The number of hydrogen-bond acceptors (Lipinski definition) is 13. The molecule has 0 spiro atoms. The minimum atomic E-state index is -1.21. The first kappa shape index (κ1) is 50.4. The van der Waals surface area contributed by atoms with Crippen molar-refractivity contribution in [2.75, 3.05) is 27.3 Å². The molecule has 17 heteroatoms. The summed E-state index contributed by atoms with van der Waals surface area (Å²) in [6, 6.07) is 12.1. The third-order valence-corrected chi connectivity index (χ3v) is 13.8. The molecular weight excluding hydrogens is 905 g/mol. The number of benzene rings is 2. The number of hydrogen-bond donors (Lipinski definition) is 4. The number of methoxy groups -OCH3 is 1. The number of amides is 3. The van der Waals surface area contributed by atoms with Crippen LogP contribution < -0.4 is 16.1 Å². The number of cyclic esters (lactones) is 1. The molecule has 2 saturated heterocycles. The SMILES string of the molecule is CCc1ccncc1-c1c2c3cc(ccc3n1CC)-c1cc(O)cc(c1)C[C@H](NC(=O)[C@H](C(C)C)N(C)C(=O)c1ccc(CC(=O)[C@H]3N[C@@H]3C(=O)OC)cn1)C(=O)N1CCC[C@H](N1)C(=O)OCC(C)(C)C2. The number of Topliss-reactive ketones (excluding diaryl/α,β-unsaturated/α-hetero) is 1. The molecule has 3 aliphatic rings. The molecule has 3 amide bonds. The third kappa shape index (κ3) is 10.7. The maximum absolute atomic E-state index is 14.8. The van der Waals surface area contributed by atoms with Crippen molar-refractivity contribution >= 4 is 46.3 Å². The zero-order valence-electron chi connectivity index (χ0n) is 41.7. The van der Waals surface area contributed by atoms with Gasteiger partial charge in [0.15, 0.2) is 5.78 Å². The molecule has 8 rings (SSSR count). The summed E-state index contributed by atoms with van der Waals surface area (Å²) in [7, 11) is 2.75. The van der Waals surface area contributed by atoms with Crippen molar-refractivity contribution in [1.82, 2.24) is 40.5 Å². The number of hydrazine groups is 1. The van der Waals surface area contributed by atoms with Crippen molar-refractivity contribution in [3.05, 3.63) is 101 Å². The highest BCUT2D eigenvalue weighted by molar-refractivity contribution is 5.99. The van der Waals surface area contributed by atoms with Crippen molar-refractivity contribution in [3.8, 4) is 28.1 Å². The number of nitrogens with one attached hydrogen (secondary N) is 3. The van der Waals surface area contributed by atoms with Crippen molar-refractivity contribution in [1.29, 1.82) is 0 Å². The van der Waals surface area contributed by atoms with Crippen LogP contribution in [0.3, 0.4) is 0 Å². The van der Waals surface area contributed by atoms with E-state index in [0.29, 0.717) is 42.5 Å². The molecule has 3 aliphatic heterocycles. The summed E-state index contributed by atoms with van der Waals surface area (Å²) >= 11 is 0. The number of fused-ring (bicyclic) bond motifs is 6. The molecule has 0 unspecified atom stereocenters. The Bertz CT molecular complexity index is 2880. The summed E-state index contributed by atoms with van der Waals surface area (Å²) in [4.78, 5) is 92.0. The molecule has 374 valence electrons. The van der Waals surface area contributed by atoms with Gasteiger partial charge in [-0.2, -0.15) is 0 Å². The van der Waals surface area contributed by atoms with Crippen LogP contribution in [0.5, 0.6) is 5.75 Å². The van der Waals surface area contributed by atoms with E-state index in [1.165, 1.54) is 36.3 Å². The van der Waals surface area contributed by atoms with Gasteiger partial charge in [0.25, 0.3) is 11.8 Å². The van der Waals surface area contributed by atoms with Gasteiger partial charge in [-0.25, -0.2) is 5.43 Å². The van der Waals surface area contributed by atoms with E-state index < -0.39 is 71.2 Å². The number of carbonyl (C=O) groups is 6. The maximum Gasteiger partial charge on any atom is 0.324 e. The molecule has 5 aromatic rings. The number of phenols is 1. The van der Waals surface area contributed by atoms with Crippen LogP contribution in [0.4, 0.5) is 0 Å². The van der Waals surface area contributed by atoms with Gasteiger partial charge in [0.05, 0.1) is 25.5 Å². The van der Waals surface area contributed by atoms with Gasteiger partial charge in [-0.05, 0) is 108 Å². The Morgan fingerprint density at radius 3 is 2.51 bits per heavy atom. The van der Waals surface area contributed by atoms with Crippen molar-refractivity contribution in [2.24, 2.45) is 11.3 Å². The zero-order chi connectivity index (χ0) is 50.9. The first-order valence-corrected chi connectivity index (χ1v) is 24.5. The Morgan fingerprint density at radius 2 is 1.80 bits per heavy atom. The smallest absolute Gasteiger partial charge is 0.324 e. The number of pyridine rings is 2. The molecule has 2 fully saturated rings. The number of carbonyl (C=O) groups excluding carboxylic acids is 6. The number of nitrogens with zero attached hydrogens (tertiary/aromatic N) is 5. The molecular formula is C54H64N8O9.